The molecule has 0 aliphatic rings. The Bertz CT molecular complexity index is 249. The topological polar surface area (TPSA) is 32.3 Å². The molecule has 0 saturated heterocycles. The fraction of sp³-hybridized carbons (Fsp3) is 0.900. The van der Waals surface area contributed by atoms with Crippen LogP contribution in [-0.2, 0) is 4.79 Å². The first-order chi connectivity index (χ1) is 6.96. The van der Waals surface area contributed by atoms with Gasteiger partial charge in [0.1, 0.15) is 0 Å². The number of amides is 1. The van der Waals surface area contributed by atoms with Gasteiger partial charge in [0.25, 0.3) is 0 Å². The Morgan fingerprint density at radius 2 is 1.75 bits per heavy atom. The largest absolute Gasteiger partial charge is 0.390 e. The quantitative estimate of drug-likeness (QED) is 0.812. The summed E-state index contributed by atoms with van der Waals surface area (Å²) in [7, 11) is 3.14. The molecule has 0 bridgehead atoms. The number of nitrogens with zero attached hydrogens (tertiary/aromatic N) is 1. The second-order valence-electron chi connectivity index (χ2n) is 4.69. The molecule has 0 fully saturated rings. The molecule has 0 spiro atoms. The lowest BCUT2D eigenvalue weighted by atomic mass is 10.0. The van der Waals surface area contributed by atoms with Crippen molar-refractivity contribution in [2.45, 2.75) is 44.9 Å². The van der Waals surface area contributed by atoms with Crippen LogP contribution in [0.2, 0.25) is 0 Å². The van der Waals surface area contributed by atoms with Crippen LogP contribution < -0.4 is 5.32 Å². The van der Waals surface area contributed by atoms with E-state index >= 15 is 0 Å². The molecule has 1 N–H and O–H groups in total. The minimum Gasteiger partial charge on any atom is -0.347 e. The van der Waals surface area contributed by atoms with Gasteiger partial charge >= 0.3 is 6.18 Å². The van der Waals surface area contributed by atoms with Gasteiger partial charge in [0.2, 0.25) is 5.91 Å². The standard InChI is InChI=1S/C10H19F3N2O/c1-7(6-10(11,12)13)14-9(2,3)8(16)15(4)5/h7,14H,6H2,1-5H3. The van der Waals surface area contributed by atoms with E-state index in [1.165, 1.54) is 11.8 Å². The number of alkyl halides is 3. The van der Waals surface area contributed by atoms with Crippen LogP contribution in [-0.4, -0.2) is 42.7 Å². The minimum atomic E-state index is -4.22. The molecule has 0 aromatic rings. The van der Waals surface area contributed by atoms with E-state index in [0.29, 0.717) is 0 Å². The lowest BCUT2D eigenvalue weighted by Crippen LogP contribution is -2.55. The smallest absolute Gasteiger partial charge is 0.347 e. The Kier molecular flexibility index (Phi) is 4.79. The molecular formula is C10H19F3N2O. The van der Waals surface area contributed by atoms with Crippen LogP contribution in [0.25, 0.3) is 0 Å². The average Bonchev–Trinajstić information content (AvgIpc) is 1.97. The lowest BCUT2D eigenvalue weighted by molar-refractivity contribution is -0.144. The summed E-state index contributed by atoms with van der Waals surface area (Å²) < 4.78 is 36.3. The van der Waals surface area contributed by atoms with Gasteiger partial charge in [0.05, 0.1) is 12.0 Å². The van der Waals surface area contributed by atoms with Crippen LogP contribution in [0, 0.1) is 0 Å². The maximum atomic E-state index is 12.1. The highest BCUT2D eigenvalue weighted by Crippen LogP contribution is 2.22. The van der Waals surface area contributed by atoms with Crippen molar-refractivity contribution >= 4 is 5.91 Å². The van der Waals surface area contributed by atoms with Crippen LogP contribution >= 0.6 is 0 Å². The van der Waals surface area contributed by atoms with Crippen molar-refractivity contribution in [3.63, 3.8) is 0 Å². The summed E-state index contributed by atoms with van der Waals surface area (Å²) in [6, 6.07) is -0.793. The van der Waals surface area contributed by atoms with Crippen molar-refractivity contribution in [2.75, 3.05) is 14.1 Å². The molecule has 16 heavy (non-hydrogen) atoms. The highest BCUT2D eigenvalue weighted by molar-refractivity contribution is 5.85. The molecule has 0 aromatic heterocycles. The first-order valence-corrected chi connectivity index (χ1v) is 5.02. The SMILES string of the molecule is CC(CC(F)(F)F)NC(C)(C)C(=O)N(C)C. The van der Waals surface area contributed by atoms with E-state index in [0.717, 1.165) is 0 Å². The normalized spacial score (nSPS) is 14.8. The van der Waals surface area contributed by atoms with Crippen LogP contribution in [0.3, 0.4) is 0 Å². The molecule has 1 unspecified atom stereocenters. The molecule has 6 heteroatoms. The number of carbonyl (C=O) groups excluding carboxylic acids is 1. The number of hydrogen-bond acceptors (Lipinski definition) is 2. The number of hydrogen-bond donors (Lipinski definition) is 1. The Morgan fingerprint density at radius 1 is 1.31 bits per heavy atom. The summed E-state index contributed by atoms with van der Waals surface area (Å²) in [6.07, 6.45) is -5.17. The Morgan fingerprint density at radius 3 is 2.06 bits per heavy atom. The van der Waals surface area contributed by atoms with Crippen molar-refractivity contribution in [1.29, 1.82) is 0 Å². The summed E-state index contributed by atoms with van der Waals surface area (Å²) >= 11 is 0. The Labute approximate surface area is 94.0 Å². The van der Waals surface area contributed by atoms with E-state index in [1.54, 1.807) is 27.9 Å². The summed E-state index contributed by atoms with van der Waals surface area (Å²) in [5.74, 6) is -0.249. The molecule has 0 aromatic carbocycles. The van der Waals surface area contributed by atoms with Crippen LogP contribution in [0.1, 0.15) is 27.2 Å². The number of halogens is 3. The maximum absolute atomic E-state index is 12.1. The van der Waals surface area contributed by atoms with Crippen molar-refractivity contribution in [3.8, 4) is 0 Å². The van der Waals surface area contributed by atoms with Gasteiger partial charge in [0, 0.05) is 20.1 Å². The second-order valence-corrected chi connectivity index (χ2v) is 4.69. The van der Waals surface area contributed by atoms with Crippen molar-refractivity contribution in [3.05, 3.63) is 0 Å². The van der Waals surface area contributed by atoms with Gasteiger partial charge in [-0.25, -0.2) is 0 Å². The molecule has 96 valence electrons. The van der Waals surface area contributed by atoms with E-state index in [9.17, 15) is 18.0 Å². The fourth-order valence-electron chi connectivity index (χ4n) is 1.63. The molecule has 1 amide bonds. The van der Waals surface area contributed by atoms with Crippen molar-refractivity contribution in [2.24, 2.45) is 0 Å². The zero-order valence-corrected chi connectivity index (χ0v) is 10.3. The van der Waals surface area contributed by atoms with Gasteiger partial charge in [-0.15, -0.1) is 0 Å². The third-order valence-electron chi connectivity index (χ3n) is 2.09. The zero-order valence-electron chi connectivity index (χ0n) is 10.3. The van der Waals surface area contributed by atoms with E-state index in [4.69, 9.17) is 0 Å². The lowest BCUT2D eigenvalue weighted by Gasteiger charge is -2.31. The third kappa shape index (κ3) is 5.34. The van der Waals surface area contributed by atoms with Crippen LogP contribution in [0.5, 0.6) is 0 Å². The summed E-state index contributed by atoms with van der Waals surface area (Å²) in [4.78, 5) is 13.0. The fourth-order valence-corrected chi connectivity index (χ4v) is 1.63. The molecule has 1 atom stereocenters. The Hall–Kier alpha value is -0.780. The summed E-state index contributed by atoms with van der Waals surface area (Å²) in [6.45, 7) is 4.56. The van der Waals surface area contributed by atoms with Crippen LogP contribution in [0.15, 0.2) is 0 Å². The van der Waals surface area contributed by atoms with Gasteiger partial charge in [-0.3, -0.25) is 4.79 Å². The van der Waals surface area contributed by atoms with Crippen molar-refractivity contribution < 1.29 is 18.0 Å². The molecule has 3 nitrogen and oxygen atoms in total. The van der Waals surface area contributed by atoms with E-state index in [1.807, 2.05) is 0 Å². The number of rotatable bonds is 4. The van der Waals surface area contributed by atoms with E-state index < -0.39 is 24.2 Å². The number of nitrogens with one attached hydrogen (secondary N) is 1. The first kappa shape index (κ1) is 15.2. The van der Waals surface area contributed by atoms with Crippen LogP contribution in [0.4, 0.5) is 13.2 Å². The van der Waals surface area contributed by atoms with Gasteiger partial charge in [0.15, 0.2) is 0 Å². The summed E-state index contributed by atoms with van der Waals surface area (Å²) in [5, 5.41) is 2.68. The van der Waals surface area contributed by atoms with Crippen molar-refractivity contribution in [1.82, 2.24) is 10.2 Å². The molecule has 0 rings (SSSR count). The second kappa shape index (κ2) is 5.03. The average molecular weight is 240 g/mol. The first-order valence-electron chi connectivity index (χ1n) is 5.02. The third-order valence-corrected chi connectivity index (χ3v) is 2.09. The molecule has 0 heterocycles. The molecule has 0 radical (unpaired) electrons. The van der Waals surface area contributed by atoms with Gasteiger partial charge in [-0.1, -0.05) is 0 Å². The van der Waals surface area contributed by atoms with Gasteiger partial charge < -0.3 is 10.2 Å². The predicted octanol–water partition coefficient (Wildman–Crippen LogP) is 1.78. The minimum absolute atomic E-state index is 0.249. The number of carbonyl (C=O) groups is 1. The molecular weight excluding hydrogens is 221 g/mol. The summed E-state index contributed by atoms with van der Waals surface area (Å²) in [5.41, 5.74) is -0.992. The van der Waals surface area contributed by atoms with Gasteiger partial charge in [-0.05, 0) is 20.8 Å². The van der Waals surface area contributed by atoms with Gasteiger partial charge in [-0.2, -0.15) is 13.2 Å². The maximum Gasteiger partial charge on any atom is 0.390 e. The molecule has 0 saturated carbocycles. The molecule has 0 aliphatic carbocycles. The number of likely N-dealkylation sites (N-methyl/N-ethyl adjacent to an activating group) is 1. The Balaban J connectivity index is 4.42. The highest BCUT2D eigenvalue weighted by Gasteiger charge is 2.35. The zero-order chi connectivity index (χ0) is 13.1. The molecule has 0 aliphatic heterocycles. The monoisotopic (exact) mass is 240 g/mol. The van der Waals surface area contributed by atoms with E-state index in [2.05, 4.69) is 5.32 Å². The van der Waals surface area contributed by atoms with E-state index in [-0.39, 0.29) is 5.91 Å². The highest BCUT2D eigenvalue weighted by atomic mass is 19.4. The predicted molar refractivity (Wildman–Crippen MR) is 56.0 cm³/mol.